The van der Waals surface area contributed by atoms with E-state index in [1.165, 1.54) is 16.9 Å². The third-order valence-electron chi connectivity index (χ3n) is 7.07. The number of carbonyl (C=O) groups is 2. The minimum Gasteiger partial charge on any atom is -0.312 e. The number of thiophene rings is 1. The Morgan fingerprint density at radius 2 is 1.81 bits per heavy atom. The predicted octanol–water partition coefficient (Wildman–Crippen LogP) is 5.55. The number of rotatable bonds is 6. The number of fused-ring (bicyclic) bond motifs is 3. The van der Waals surface area contributed by atoms with Crippen LogP contribution in [0.3, 0.4) is 0 Å². The van der Waals surface area contributed by atoms with Gasteiger partial charge in [-0.05, 0) is 52.6 Å². The van der Waals surface area contributed by atoms with Crippen molar-refractivity contribution < 1.29 is 9.59 Å². The number of nitrogens with one attached hydrogen (secondary N) is 1. The van der Waals surface area contributed by atoms with Crippen LogP contribution in [0.2, 0.25) is 0 Å². The number of amides is 2. The molecule has 1 atom stereocenters. The summed E-state index contributed by atoms with van der Waals surface area (Å²) in [5.41, 5.74) is 8.63. The Morgan fingerprint density at radius 1 is 1.05 bits per heavy atom. The Hall–Kier alpha value is -3.30. The SMILES string of the molecule is CC(C)c1ccc(CN2C(=O)c3sccc3N3C(SCc4ccc(N5CCCC5=O)cc4)=NNC23)cc1. The summed E-state index contributed by atoms with van der Waals surface area (Å²) in [5.74, 6) is 1.44. The minimum absolute atomic E-state index is 0.0279. The largest absolute Gasteiger partial charge is 0.312 e. The fourth-order valence-electron chi connectivity index (χ4n) is 4.97. The first kappa shape index (κ1) is 24.1. The average molecular weight is 532 g/mol. The van der Waals surface area contributed by atoms with Gasteiger partial charge in [0.15, 0.2) is 5.17 Å². The van der Waals surface area contributed by atoms with Gasteiger partial charge in [0, 0.05) is 31.0 Å². The molecule has 0 aliphatic carbocycles. The number of carbonyl (C=O) groups excluding carboxylic acids is 2. The maximum absolute atomic E-state index is 13.4. The van der Waals surface area contributed by atoms with Crippen LogP contribution in [0.1, 0.15) is 59.0 Å². The fourth-order valence-corrected chi connectivity index (χ4v) is 6.75. The summed E-state index contributed by atoms with van der Waals surface area (Å²) in [6, 6.07) is 18.7. The van der Waals surface area contributed by atoms with Gasteiger partial charge in [-0.15, -0.1) is 11.3 Å². The molecule has 190 valence electrons. The molecule has 3 aliphatic heterocycles. The lowest BCUT2D eigenvalue weighted by molar-refractivity contribution is -0.117. The molecule has 0 saturated carbocycles. The van der Waals surface area contributed by atoms with Crippen LogP contribution in [0.15, 0.2) is 65.1 Å². The lowest BCUT2D eigenvalue weighted by atomic mass is 10.0. The summed E-state index contributed by atoms with van der Waals surface area (Å²) in [6.07, 6.45) is 1.20. The van der Waals surface area contributed by atoms with Crippen LogP contribution in [-0.4, -0.2) is 34.7 Å². The Bertz CT molecular complexity index is 1350. The van der Waals surface area contributed by atoms with Crippen molar-refractivity contribution in [2.24, 2.45) is 5.10 Å². The second-order valence-electron chi connectivity index (χ2n) is 9.84. The maximum atomic E-state index is 13.4. The first-order valence-electron chi connectivity index (χ1n) is 12.6. The zero-order chi connectivity index (χ0) is 25.5. The number of hydrogen-bond acceptors (Lipinski definition) is 7. The lowest BCUT2D eigenvalue weighted by Crippen LogP contribution is -2.57. The van der Waals surface area contributed by atoms with Gasteiger partial charge in [0.05, 0.1) is 5.69 Å². The Labute approximate surface area is 225 Å². The average Bonchev–Trinajstić information content (AvgIpc) is 3.65. The summed E-state index contributed by atoms with van der Waals surface area (Å²) in [4.78, 5) is 32.1. The fraction of sp³-hybridized carbons (Fsp3) is 0.321. The van der Waals surface area contributed by atoms with E-state index in [4.69, 9.17) is 0 Å². The van der Waals surface area contributed by atoms with E-state index in [1.54, 1.807) is 11.8 Å². The second kappa shape index (κ2) is 9.87. The van der Waals surface area contributed by atoms with Crippen molar-refractivity contribution in [3.8, 4) is 0 Å². The highest BCUT2D eigenvalue weighted by atomic mass is 32.2. The third-order valence-corrected chi connectivity index (χ3v) is 8.98. The first-order chi connectivity index (χ1) is 18.0. The molecule has 1 fully saturated rings. The molecule has 6 rings (SSSR count). The summed E-state index contributed by atoms with van der Waals surface area (Å²) in [7, 11) is 0. The number of benzene rings is 2. The Balaban J connectivity index is 1.17. The zero-order valence-corrected chi connectivity index (χ0v) is 22.5. The molecule has 1 unspecified atom stereocenters. The molecule has 3 aliphatic rings. The van der Waals surface area contributed by atoms with Gasteiger partial charge in [0.25, 0.3) is 5.91 Å². The molecule has 1 saturated heterocycles. The molecular weight excluding hydrogens is 502 g/mol. The highest BCUT2D eigenvalue weighted by Crippen LogP contribution is 2.39. The third kappa shape index (κ3) is 4.51. The normalized spacial score (nSPS) is 18.8. The molecule has 4 heterocycles. The highest BCUT2D eigenvalue weighted by molar-refractivity contribution is 8.13. The van der Waals surface area contributed by atoms with E-state index in [0.29, 0.717) is 18.9 Å². The van der Waals surface area contributed by atoms with E-state index in [2.05, 4.69) is 65.7 Å². The van der Waals surface area contributed by atoms with Crippen LogP contribution >= 0.6 is 23.1 Å². The Morgan fingerprint density at radius 3 is 2.51 bits per heavy atom. The van der Waals surface area contributed by atoms with E-state index in [9.17, 15) is 9.59 Å². The van der Waals surface area contributed by atoms with Crippen molar-refractivity contribution in [3.63, 3.8) is 0 Å². The molecule has 7 nitrogen and oxygen atoms in total. The molecule has 0 radical (unpaired) electrons. The maximum Gasteiger partial charge on any atom is 0.269 e. The number of anilines is 2. The lowest BCUT2D eigenvalue weighted by Gasteiger charge is -2.39. The van der Waals surface area contributed by atoms with E-state index >= 15 is 0 Å². The topological polar surface area (TPSA) is 68.2 Å². The van der Waals surface area contributed by atoms with Crippen molar-refractivity contribution >= 4 is 51.5 Å². The minimum atomic E-state index is -0.356. The van der Waals surface area contributed by atoms with E-state index in [0.717, 1.165) is 51.3 Å². The molecule has 2 amide bonds. The smallest absolute Gasteiger partial charge is 0.269 e. The van der Waals surface area contributed by atoms with E-state index in [1.807, 2.05) is 33.4 Å². The van der Waals surface area contributed by atoms with E-state index < -0.39 is 0 Å². The highest BCUT2D eigenvalue weighted by Gasteiger charge is 2.43. The number of hydrazone groups is 1. The number of thioether (sulfide) groups is 1. The number of nitrogens with zero attached hydrogens (tertiary/aromatic N) is 4. The number of hydrogen-bond donors (Lipinski definition) is 1. The summed E-state index contributed by atoms with van der Waals surface area (Å²) in [6.45, 7) is 5.67. The molecule has 37 heavy (non-hydrogen) atoms. The van der Waals surface area contributed by atoms with Gasteiger partial charge in [-0.25, -0.2) is 0 Å². The van der Waals surface area contributed by atoms with Crippen molar-refractivity contribution in [1.82, 2.24) is 10.3 Å². The first-order valence-corrected chi connectivity index (χ1v) is 14.5. The van der Waals surface area contributed by atoms with Crippen LogP contribution in [0.25, 0.3) is 0 Å². The van der Waals surface area contributed by atoms with E-state index in [-0.39, 0.29) is 18.1 Å². The molecule has 3 aromatic rings. The van der Waals surface area contributed by atoms with Gasteiger partial charge in [-0.2, -0.15) is 5.10 Å². The van der Waals surface area contributed by atoms with Gasteiger partial charge in [-0.1, -0.05) is 62.0 Å². The van der Waals surface area contributed by atoms with Gasteiger partial charge in [-0.3, -0.25) is 24.8 Å². The molecule has 1 aromatic heterocycles. The molecule has 0 bridgehead atoms. The molecule has 2 aromatic carbocycles. The van der Waals surface area contributed by atoms with Crippen LogP contribution < -0.4 is 15.2 Å². The summed E-state index contributed by atoms with van der Waals surface area (Å²) >= 11 is 3.12. The van der Waals surface area contributed by atoms with Gasteiger partial charge in [0.2, 0.25) is 12.2 Å². The Kier molecular flexibility index (Phi) is 6.42. The van der Waals surface area contributed by atoms with Crippen LogP contribution in [-0.2, 0) is 17.1 Å². The van der Waals surface area contributed by atoms with Crippen molar-refractivity contribution in [2.45, 2.75) is 51.2 Å². The van der Waals surface area contributed by atoms with Crippen LogP contribution in [0.5, 0.6) is 0 Å². The number of amidine groups is 1. The molecule has 0 spiro atoms. The van der Waals surface area contributed by atoms with Crippen molar-refractivity contribution in [3.05, 3.63) is 81.5 Å². The monoisotopic (exact) mass is 531 g/mol. The summed E-state index contributed by atoms with van der Waals surface area (Å²) in [5, 5.41) is 7.46. The quantitative estimate of drug-likeness (QED) is 0.452. The van der Waals surface area contributed by atoms with Crippen molar-refractivity contribution in [1.29, 1.82) is 0 Å². The molecule has 1 N–H and O–H groups in total. The molecule has 9 heteroatoms. The summed E-state index contributed by atoms with van der Waals surface area (Å²) < 4.78 is 0. The van der Waals surface area contributed by atoms with Crippen LogP contribution in [0, 0.1) is 0 Å². The van der Waals surface area contributed by atoms with Gasteiger partial charge in [0.1, 0.15) is 4.88 Å². The van der Waals surface area contributed by atoms with Crippen molar-refractivity contribution in [2.75, 3.05) is 16.3 Å². The molecular formula is C28H29N5O2S2. The van der Waals surface area contributed by atoms with Gasteiger partial charge < -0.3 is 4.90 Å². The zero-order valence-electron chi connectivity index (χ0n) is 20.9. The standard InChI is InChI=1S/C28H29N5O2S2/c1-18(2)21-9-5-19(6-10-21)16-32-26(35)25-23(13-15-36-25)33-27(32)29-30-28(33)37-17-20-7-11-22(12-8-20)31-14-3-4-24(31)34/h5-13,15,18,27,29H,3-4,14,16-17H2,1-2H3. The van der Waals surface area contributed by atoms with Crippen LogP contribution in [0.4, 0.5) is 11.4 Å². The van der Waals surface area contributed by atoms with Gasteiger partial charge >= 0.3 is 0 Å². The predicted molar refractivity (Wildman–Crippen MR) is 151 cm³/mol. The second-order valence-corrected chi connectivity index (χ2v) is 11.7.